The Bertz CT molecular complexity index is 918. The summed E-state index contributed by atoms with van der Waals surface area (Å²) in [5.41, 5.74) is 1.87. The van der Waals surface area contributed by atoms with Crippen LogP contribution in [0.2, 0.25) is 5.02 Å². The van der Waals surface area contributed by atoms with E-state index < -0.39 is 26.7 Å². The van der Waals surface area contributed by atoms with E-state index in [-0.39, 0.29) is 24.0 Å². The van der Waals surface area contributed by atoms with Crippen LogP contribution in [0.3, 0.4) is 0 Å². The molecule has 0 fully saturated rings. The lowest BCUT2D eigenvalue weighted by molar-refractivity contribution is -0.137. The summed E-state index contributed by atoms with van der Waals surface area (Å²) in [6.07, 6.45) is -4.65. The van der Waals surface area contributed by atoms with Gasteiger partial charge in [-0.3, -0.25) is 0 Å². The lowest BCUT2D eigenvalue weighted by Crippen LogP contribution is -2.24. The molecule has 1 heterocycles. The molecule has 0 radical (unpaired) electrons. The lowest BCUT2D eigenvalue weighted by atomic mass is 10.1. The molecular weight excluding hydrogens is 412 g/mol. The average molecular weight is 427 g/mol. The zero-order valence-electron chi connectivity index (χ0n) is 13.2. The van der Waals surface area contributed by atoms with Crippen LogP contribution in [0.15, 0.2) is 41.3 Å². The first-order chi connectivity index (χ1) is 11.7. The van der Waals surface area contributed by atoms with Crippen LogP contribution >= 0.6 is 24.0 Å². The third-order valence-corrected chi connectivity index (χ3v) is 5.80. The summed E-state index contributed by atoms with van der Waals surface area (Å²) < 4.78 is 65.4. The molecule has 3 rings (SSSR count). The monoisotopic (exact) mass is 426 g/mol. The summed E-state index contributed by atoms with van der Waals surface area (Å²) in [4.78, 5) is -0.591. The molecule has 0 saturated heterocycles. The average Bonchev–Trinajstić information content (AvgIpc) is 2.99. The van der Waals surface area contributed by atoms with Crippen LogP contribution in [0.4, 0.5) is 13.2 Å². The summed E-state index contributed by atoms with van der Waals surface area (Å²) in [6, 6.07) is 7.76. The highest BCUT2D eigenvalue weighted by atomic mass is 35.5. The van der Waals surface area contributed by atoms with Gasteiger partial charge in [0.25, 0.3) is 0 Å². The number of rotatable bonds is 4. The summed E-state index contributed by atoms with van der Waals surface area (Å²) in [5, 5.41) is 2.91. The second-order valence-corrected chi connectivity index (χ2v) is 7.82. The Kier molecular flexibility index (Phi) is 6.24. The van der Waals surface area contributed by atoms with Crippen LogP contribution in [-0.4, -0.2) is 8.42 Å². The van der Waals surface area contributed by atoms with Gasteiger partial charge in [0.2, 0.25) is 10.0 Å². The van der Waals surface area contributed by atoms with Crippen molar-refractivity contribution in [2.45, 2.75) is 30.7 Å². The summed E-state index contributed by atoms with van der Waals surface area (Å²) >= 11 is 5.79. The van der Waals surface area contributed by atoms with Gasteiger partial charge in [0.15, 0.2) is 0 Å². The Hall–Kier alpha value is -1.32. The Morgan fingerprint density at radius 1 is 1.08 bits per heavy atom. The number of hydrogen-bond donors (Lipinski definition) is 2. The van der Waals surface area contributed by atoms with Crippen molar-refractivity contribution in [3.8, 4) is 0 Å². The van der Waals surface area contributed by atoms with Gasteiger partial charge in [0.05, 0.1) is 10.6 Å². The van der Waals surface area contributed by atoms with Crippen molar-refractivity contribution in [3.63, 3.8) is 0 Å². The Balaban J connectivity index is 0.00000243. The van der Waals surface area contributed by atoms with Crippen molar-refractivity contribution in [2.75, 3.05) is 0 Å². The molecule has 0 aliphatic carbocycles. The van der Waals surface area contributed by atoms with Crippen molar-refractivity contribution in [1.82, 2.24) is 10.0 Å². The predicted molar refractivity (Wildman–Crippen MR) is 94.7 cm³/mol. The van der Waals surface area contributed by atoms with Crippen molar-refractivity contribution in [3.05, 3.63) is 63.7 Å². The molecule has 0 bridgehead atoms. The fourth-order valence-electron chi connectivity index (χ4n) is 2.60. The second-order valence-electron chi connectivity index (χ2n) is 5.67. The van der Waals surface area contributed by atoms with E-state index in [1.54, 1.807) is 6.07 Å². The lowest BCUT2D eigenvalue weighted by Gasteiger charge is -2.12. The first-order valence-electron chi connectivity index (χ1n) is 7.34. The van der Waals surface area contributed by atoms with Crippen LogP contribution in [0.1, 0.15) is 22.3 Å². The molecule has 0 amide bonds. The molecule has 0 spiro atoms. The van der Waals surface area contributed by atoms with Crippen molar-refractivity contribution >= 4 is 34.0 Å². The van der Waals surface area contributed by atoms with Crippen LogP contribution in [-0.2, 0) is 35.8 Å². The summed E-state index contributed by atoms with van der Waals surface area (Å²) in [6.45, 7) is 1.43. The molecular formula is C16H15Cl2F3N2O2S. The molecule has 1 aliphatic heterocycles. The zero-order valence-corrected chi connectivity index (χ0v) is 15.6. The molecule has 2 aromatic rings. The van der Waals surface area contributed by atoms with Crippen LogP contribution in [0, 0.1) is 0 Å². The number of nitrogens with one attached hydrogen (secondary N) is 2. The van der Waals surface area contributed by atoms with Gasteiger partial charge in [0, 0.05) is 19.6 Å². The molecule has 2 aromatic carbocycles. The largest absolute Gasteiger partial charge is 0.416 e. The number of halogens is 5. The Morgan fingerprint density at radius 2 is 1.77 bits per heavy atom. The fraction of sp³-hybridized carbons (Fsp3) is 0.250. The van der Waals surface area contributed by atoms with Gasteiger partial charge in [-0.2, -0.15) is 13.2 Å². The minimum absolute atomic E-state index is 0. The topological polar surface area (TPSA) is 58.2 Å². The molecule has 0 saturated carbocycles. The van der Waals surface area contributed by atoms with E-state index in [2.05, 4.69) is 10.0 Å². The third-order valence-electron chi connectivity index (χ3n) is 3.92. The van der Waals surface area contributed by atoms with Gasteiger partial charge < -0.3 is 5.32 Å². The van der Waals surface area contributed by atoms with Gasteiger partial charge in [-0.05, 0) is 34.9 Å². The fourth-order valence-corrected chi connectivity index (χ4v) is 4.14. The molecule has 1 aliphatic rings. The minimum atomic E-state index is -4.65. The SMILES string of the molecule is Cl.O=S(=O)(NCc1ccc2c(c1)CNC2)c1cc(C(F)(F)F)ccc1Cl. The van der Waals surface area contributed by atoms with Crippen molar-refractivity contribution < 1.29 is 21.6 Å². The maximum atomic E-state index is 12.8. The van der Waals surface area contributed by atoms with Crippen LogP contribution < -0.4 is 10.0 Å². The van der Waals surface area contributed by atoms with Gasteiger partial charge in [-0.1, -0.05) is 29.8 Å². The number of benzene rings is 2. The Morgan fingerprint density at radius 3 is 2.46 bits per heavy atom. The van der Waals surface area contributed by atoms with Crippen LogP contribution in [0.25, 0.3) is 0 Å². The van der Waals surface area contributed by atoms with E-state index >= 15 is 0 Å². The van der Waals surface area contributed by atoms with E-state index in [1.807, 2.05) is 12.1 Å². The maximum Gasteiger partial charge on any atom is 0.416 e. The van der Waals surface area contributed by atoms with Crippen LogP contribution in [0.5, 0.6) is 0 Å². The zero-order chi connectivity index (χ0) is 18.2. The smallest absolute Gasteiger partial charge is 0.309 e. The second kappa shape index (κ2) is 7.74. The van der Waals surface area contributed by atoms with E-state index in [4.69, 9.17) is 11.6 Å². The van der Waals surface area contributed by atoms with E-state index in [0.29, 0.717) is 18.2 Å². The number of hydrogen-bond acceptors (Lipinski definition) is 3. The molecule has 0 unspecified atom stereocenters. The highest BCUT2D eigenvalue weighted by molar-refractivity contribution is 7.89. The van der Waals surface area contributed by atoms with Crippen molar-refractivity contribution in [2.24, 2.45) is 0 Å². The standard InChI is InChI=1S/C16H14ClF3N2O2S.ClH/c17-14-4-3-13(16(18,19)20)6-15(14)25(23,24)22-7-10-1-2-11-8-21-9-12(11)5-10;/h1-6,21-22H,7-9H2;1H. The third kappa shape index (κ3) is 4.50. The maximum absolute atomic E-state index is 12.8. The first kappa shape index (κ1) is 21.0. The van der Waals surface area contributed by atoms with Gasteiger partial charge in [0.1, 0.15) is 4.90 Å². The molecule has 0 atom stereocenters. The number of fused-ring (bicyclic) bond motifs is 1. The number of alkyl halides is 3. The van der Waals surface area contributed by atoms with E-state index in [1.165, 1.54) is 0 Å². The molecule has 0 aromatic heterocycles. The van der Waals surface area contributed by atoms with Gasteiger partial charge >= 0.3 is 6.18 Å². The van der Waals surface area contributed by atoms with Crippen molar-refractivity contribution in [1.29, 1.82) is 0 Å². The molecule has 26 heavy (non-hydrogen) atoms. The molecule has 2 N–H and O–H groups in total. The Labute approximate surface area is 160 Å². The summed E-state index contributed by atoms with van der Waals surface area (Å²) in [5.74, 6) is 0. The quantitative estimate of drug-likeness (QED) is 0.779. The first-order valence-corrected chi connectivity index (χ1v) is 9.21. The van der Waals surface area contributed by atoms with Gasteiger partial charge in [-0.15, -0.1) is 12.4 Å². The minimum Gasteiger partial charge on any atom is -0.309 e. The highest BCUT2D eigenvalue weighted by Gasteiger charge is 2.32. The highest BCUT2D eigenvalue weighted by Crippen LogP contribution is 2.33. The van der Waals surface area contributed by atoms with E-state index in [9.17, 15) is 21.6 Å². The predicted octanol–water partition coefficient (Wildman–Crippen LogP) is 3.86. The normalized spacial score (nSPS) is 14.0. The number of sulfonamides is 1. The molecule has 10 heteroatoms. The van der Waals surface area contributed by atoms with E-state index in [0.717, 1.165) is 29.8 Å². The van der Waals surface area contributed by atoms with Gasteiger partial charge in [-0.25, -0.2) is 13.1 Å². The molecule has 142 valence electrons. The summed E-state index contributed by atoms with van der Waals surface area (Å²) in [7, 11) is -4.18. The molecule has 4 nitrogen and oxygen atoms in total.